The third-order valence-corrected chi connectivity index (χ3v) is 15.4. The summed E-state index contributed by atoms with van der Waals surface area (Å²) in [5.74, 6) is -0.0742. The molecule has 0 spiro atoms. The number of unbranched alkanes of at least 4 members (excludes halogenated alkanes) is 47. The van der Waals surface area contributed by atoms with E-state index in [-0.39, 0.29) is 18.5 Å². The second kappa shape index (κ2) is 63.6. The van der Waals surface area contributed by atoms with E-state index in [9.17, 15) is 19.8 Å². The van der Waals surface area contributed by atoms with Crippen LogP contribution in [0.2, 0.25) is 0 Å². The average Bonchev–Trinajstić information content (AvgIpc) is 3.40. The Morgan fingerprint density at radius 3 is 0.959 bits per heavy atom. The lowest BCUT2D eigenvalue weighted by Gasteiger charge is -2.20. The standard InChI is InChI=1S/C68H129NO5/c1-3-5-7-9-11-13-15-17-19-21-23-25-28-32-36-40-44-48-52-56-60-66(71)65(64-70)69-67(72)61-57-53-49-45-41-37-33-29-26-24-27-31-35-39-43-47-51-55-59-63-74-68(73)62-58-54-50-46-42-38-34-30-22-20-18-16-14-12-10-8-6-4-2/h20,22,24,26,56,60,65-66,70-71H,3-19,21,23,25,27-55,57-59,61-64H2,1-2H3,(H,69,72)/b22-20-,26-24-,60-56+. The molecule has 3 N–H and O–H groups in total. The van der Waals surface area contributed by atoms with Gasteiger partial charge in [0.05, 0.1) is 25.4 Å². The number of hydrogen-bond acceptors (Lipinski definition) is 5. The van der Waals surface area contributed by atoms with Crippen LogP contribution in [0.25, 0.3) is 0 Å². The molecule has 0 heterocycles. The number of aliphatic hydroxyl groups is 2. The van der Waals surface area contributed by atoms with Crippen molar-refractivity contribution in [1.82, 2.24) is 5.32 Å². The minimum Gasteiger partial charge on any atom is -0.466 e. The fraction of sp³-hybridized carbons (Fsp3) is 0.882. The molecule has 0 aromatic heterocycles. The number of amides is 1. The number of esters is 1. The van der Waals surface area contributed by atoms with Crippen LogP contribution in [0.5, 0.6) is 0 Å². The number of carbonyl (C=O) groups excluding carboxylic acids is 2. The van der Waals surface area contributed by atoms with Gasteiger partial charge in [-0.25, -0.2) is 0 Å². The molecule has 74 heavy (non-hydrogen) atoms. The molecular weight excluding hydrogens is 911 g/mol. The van der Waals surface area contributed by atoms with Crippen molar-refractivity contribution in [2.24, 2.45) is 0 Å². The monoisotopic (exact) mass is 1040 g/mol. The molecular formula is C68H129NO5. The second-order valence-electron chi connectivity index (χ2n) is 22.8. The van der Waals surface area contributed by atoms with Crippen LogP contribution in [0.4, 0.5) is 0 Å². The van der Waals surface area contributed by atoms with Crippen LogP contribution in [-0.4, -0.2) is 47.4 Å². The minimum atomic E-state index is -0.852. The van der Waals surface area contributed by atoms with Crippen molar-refractivity contribution in [1.29, 1.82) is 0 Å². The highest BCUT2D eigenvalue weighted by Crippen LogP contribution is 2.17. The molecule has 0 aromatic carbocycles. The molecule has 0 aromatic rings. The van der Waals surface area contributed by atoms with Crippen LogP contribution in [0.15, 0.2) is 36.5 Å². The van der Waals surface area contributed by atoms with Crippen LogP contribution in [0.1, 0.15) is 361 Å². The van der Waals surface area contributed by atoms with Gasteiger partial charge in [-0.1, -0.05) is 301 Å². The lowest BCUT2D eigenvalue weighted by molar-refractivity contribution is -0.143. The van der Waals surface area contributed by atoms with Gasteiger partial charge in [-0.2, -0.15) is 0 Å². The van der Waals surface area contributed by atoms with E-state index in [1.54, 1.807) is 6.08 Å². The molecule has 6 heteroatoms. The summed E-state index contributed by atoms with van der Waals surface area (Å²) >= 11 is 0. The van der Waals surface area contributed by atoms with Crippen LogP contribution in [0.3, 0.4) is 0 Å². The highest BCUT2D eigenvalue weighted by molar-refractivity contribution is 5.76. The molecule has 0 radical (unpaired) electrons. The highest BCUT2D eigenvalue weighted by atomic mass is 16.5. The van der Waals surface area contributed by atoms with Crippen LogP contribution < -0.4 is 5.32 Å². The Bertz CT molecular complexity index is 1200. The van der Waals surface area contributed by atoms with Crippen LogP contribution in [-0.2, 0) is 14.3 Å². The van der Waals surface area contributed by atoms with E-state index in [1.807, 2.05) is 6.08 Å². The molecule has 0 aliphatic rings. The molecule has 436 valence electrons. The molecule has 1 amide bonds. The number of aliphatic hydroxyl groups excluding tert-OH is 2. The highest BCUT2D eigenvalue weighted by Gasteiger charge is 2.18. The van der Waals surface area contributed by atoms with Crippen molar-refractivity contribution in [3.63, 3.8) is 0 Å². The number of allylic oxidation sites excluding steroid dienone is 5. The van der Waals surface area contributed by atoms with Gasteiger partial charge in [0.2, 0.25) is 5.91 Å². The van der Waals surface area contributed by atoms with Gasteiger partial charge in [0.1, 0.15) is 0 Å². The van der Waals surface area contributed by atoms with Crippen molar-refractivity contribution < 1.29 is 24.5 Å². The summed E-state index contributed by atoms with van der Waals surface area (Å²) in [6, 6.07) is -0.636. The topological polar surface area (TPSA) is 95.9 Å². The summed E-state index contributed by atoms with van der Waals surface area (Å²) in [5, 5.41) is 23.2. The summed E-state index contributed by atoms with van der Waals surface area (Å²) in [6.45, 7) is 4.91. The molecule has 0 bridgehead atoms. The molecule has 2 unspecified atom stereocenters. The van der Waals surface area contributed by atoms with Crippen molar-refractivity contribution >= 4 is 11.9 Å². The van der Waals surface area contributed by atoms with Gasteiger partial charge in [-0.3, -0.25) is 9.59 Å². The number of carbonyl (C=O) groups is 2. The summed E-state index contributed by atoms with van der Waals surface area (Å²) in [7, 11) is 0. The molecule has 6 nitrogen and oxygen atoms in total. The number of rotatable bonds is 62. The number of ether oxygens (including phenoxy) is 1. The van der Waals surface area contributed by atoms with Gasteiger partial charge in [0.15, 0.2) is 0 Å². The van der Waals surface area contributed by atoms with Gasteiger partial charge in [-0.15, -0.1) is 0 Å². The molecule has 0 saturated heterocycles. The van der Waals surface area contributed by atoms with Crippen molar-refractivity contribution in [3.8, 4) is 0 Å². The normalized spacial score (nSPS) is 12.8. The number of nitrogens with one attached hydrogen (secondary N) is 1. The Balaban J connectivity index is 3.46. The van der Waals surface area contributed by atoms with Gasteiger partial charge < -0.3 is 20.3 Å². The van der Waals surface area contributed by atoms with Gasteiger partial charge in [0.25, 0.3) is 0 Å². The smallest absolute Gasteiger partial charge is 0.305 e. The van der Waals surface area contributed by atoms with Gasteiger partial charge in [0, 0.05) is 12.8 Å². The maximum atomic E-state index is 12.5. The van der Waals surface area contributed by atoms with E-state index in [1.165, 1.54) is 283 Å². The maximum absolute atomic E-state index is 12.5. The molecule has 0 aliphatic carbocycles. The third kappa shape index (κ3) is 59.3. The molecule has 2 atom stereocenters. The predicted molar refractivity (Wildman–Crippen MR) is 324 cm³/mol. The molecule has 0 aliphatic heterocycles. The lowest BCUT2D eigenvalue weighted by atomic mass is 10.0. The van der Waals surface area contributed by atoms with Crippen molar-refractivity contribution in [3.05, 3.63) is 36.5 Å². The lowest BCUT2D eigenvalue weighted by Crippen LogP contribution is -2.45. The number of hydrogen-bond donors (Lipinski definition) is 3. The van der Waals surface area contributed by atoms with Crippen LogP contribution >= 0.6 is 0 Å². The van der Waals surface area contributed by atoms with E-state index in [2.05, 4.69) is 43.5 Å². The average molecular weight is 1040 g/mol. The fourth-order valence-electron chi connectivity index (χ4n) is 10.3. The zero-order valence-electron chi connectivity index (χ0n) is 49.8. The molecule has 0 saturated carbocycles. The zero-order chi connectivity index (χ0) is 53.6. The first-order valence-electron chi connectivity index (χ1n) is 33.3. The van der Waals surface area contributed by atoms with Gasteiger partial charge >= 0.3 is 5.97 Å². The summed E-state index contributed by atoms with van der Waals surface area (Å²) < 4.78 is 5.49. The van der Waals surface area contributed by atoms with E-state index in [4.69, 9.17) is 4.74 Å². The van der Waals surface area contributed by atoms with E-state index < -0.39 is 12.1 Å². The fourth-order valence-corrected chi connectivity index (χ4v) is 10.3. The second-order valence-corrected chi connectivity index (χ2v) is 22.8. The Morgan fingerprint density at radius 1 is 0.365 bits per heavy atom. The predicted octanol–water partition coefficient (Wildman–Crippen LogP) is 21.1. The van der Waals surface area contributed by atoms with Crippen LogP contribution in [0, 0.1) is 0 Å². The minimum absolute atomic E-state index is 0.000732. The van der Waals surface area contributed by atoms with Crippen molar-refractivity contribution in [2.45, 2.75) is 373 Å². The first kappa shape index (κ1) is 72.1. The summed E-state index contributed by atoms with van der Waals surface area (Å²) in [6.07, 6.45) is 80.5. The summed E-state index contributed by atoms with van der Waals surface area (Å²) in [5.41, 5.74) is 0. The molecule has 0 rings (SSSR count). The summed E-state index contributed by atoms with van der Waals surface area (Å²) in [4.78, 5) is 24.6. The van der Waals surface area contributed by atoms with E-state index >= 15 is 0 Å². The van der Waals surface area contributed by atoms with E-state index in [0.717, 1.165) is 51.4 Å². The first-order chi connectivity index (χ1) is 36.5. The Labute approximate surface area is 462 Å². The quantitative estimate of drug-likeness (QED) is 0.0320. The maximum Gasteiger partial charge on any atom is 0.305 e. The Hall–Kier alpha value is -1.92. The van der Waals surface area contributed by atoms with E-state index in [0.29, 0.717) is 19.4 Å². The van der Waals surface area contributed by atoms with Crippen molar-refractivity contribution in [2.75, 3.05) is 13.2 Å². The van der Waals surface area contributed by atoms with Gasteiger partial charge in [-0.05, 0) is 83.5 Å². The Morgan fingerprint density at radius 2 is 0.635 bits per heavy atom. The zero-order valence-corrected chi connectivity index (χ0v) is 49.8. The largest absolute Gasteiger partial charge is 0.466 e. The Kier molecular flexibility index (Phi) is 62.0. The SMILES string of the molecule is CCCCCCCCC/C=C\CCCCCCCCCC(=O)OCCCCCCCCCC/C=C\CCCCCCCCCC(=O)NC(CO)C(O)/C=C/CCCCCCCCCCCCCCCCCCCC. The first-order valence-corrected chi connectivity index (χ1v) is 33.3. The third-order valence-electron chi connectivity index (χ3n) is 15.4. The molecule has 0 fully saturated rings.